The maximum Gasteiger partial charge on any atom is 0.143 e. The summed E-state index contributed by atoms with van der Waals surface area (Å²) in [6.07, 6.45) is 3.60. The summed E-state index contributed by atoms with van der Waals surface area (Å²) in [7, 11) is 1.70. The fourth-order valence-electron chi connectivity index (χ4n) is 2.76. The Bertz CT molecular complexity index is 430. The third-order valence-electron chi connectivity index (χ3n) is 3.75. The number of ketones is 1. The highest BCUT2D eigenvalue weighted by Gasteiger charge is 2.53. The smallest absolute Gasteiger partial charge is 0.143 e. The van der Waals surface area contributed by atoms with Crippen molar-refractivity contribution in [2.24, 2.45) is 0 Å². The summed E-state index contributed by atoms with van der Waals surface area (Å²) in [4.78, 5) is 11.9. The van der Waals surface area contributed by atoms with E-state index in [-0.39, 0.29) is 5.41 Å². The maximum absolute atomic E-state index is 11.9. The second kappa shape index (κ2) is 2.84. The minimum Gasteiger partial charge on any atom is -0.496 e. The lowest BCUT2D eigenvalue weighted by Gasteiger charge is -2.25. The van der Waals surface area contributed by atoms with Crippen molar-refractivity contribution >= 4 is 5.78 Å². The first-order valence-electron chi connectivity index (χ1n) is 5.47. The monoisotopic (exact) mass is 202 g/mol. The van der Waals surface area contributed by atoms with Gasteiger partial charge in [0.05, 0.1) is 12.5 Å². The second-order valence-electron chi connectivity index (χ2n) is 4.49. The molecule has 0 heterocycles. The van der Waals surface area contributed by atoms with Gasteiger partial charge in [0.15, 0.2) is 0 Å². The Morgan fingerprint density at radius 2 is 2.07 bits per heavy atom. The molecule has 0 bridgehead atoms. The van der Waals surface area contributed by atoms with E-state index >= 15 is 0 Å². The Hall–Kier alpha value is -1.31. The molecule has 0 radical (unpaired) electrons. The molecular formula is C13H14O2. The van der Waals surface area contributed by atoms with Crippen LogP contribution in [-0.4, -0.2) is 12.9 Å². The molecule has 2 heteroatoms. The topological polar surface area (TPSA) is 26.3 Å². The number of carbonyl (C=O) groups is 1. The van der Waals surface area contributed by atoms with Gasteiger partial charge in [0.2, 0.25) is 0 Å². The number of hydrogen-bond donors (Lipinski definition) is 0. The Morgan fingerprint density at radius 1 is 1.27 bits per heavy atom. The number of carbonyl (C=O) groups excluding carboxylic acids is 1. The first-order valence-corrected chi connectivity index (χ1v) is 5.47. The standard InChI is InChI=1S/C13H14O2/c1-15-11-4-2-3-10-9(11)5-6-12(14)13(10)7-8-13/h2-4H,5-8H2,1H3. The summed E-state index contributed by atoms with van der Waals surface area (Å²) in [6.45, 7) is 0. The quantitative estimate of drug-likeness (QED) is 0.698. The highest BCUT2D eigenvalue weighted by Crippen LogP contribution is 2.54. The lowest BCUT2D eigenvalue weighted by molar-refractivity contribution is -0.121. The molecule has 0 saturated heterocycles. The molecule has 0 aliphatic heterocycles. The number of Topliss-reactive ketones (excluding diaryl/α,β-unsaturated/α-hetero) is 1. The molecule has 1 saturated carbocycles. The van der Waals surface area contributed by atoms with E-state index in [4.69, 9.17) is 4.74 Å². The van der Waals surface area contributed by atoms with E-state index < -0.39 is 0 Å². The van der Waals surface area contributed by atoms with Crippen LogP contribution >= 0.6 is 0 Å². The van der Waals surface area contributed by atoms with Gasteiger partial charge in [-0.05, 0) is 36.5 Å². The summed E-state index contributed by atoms with van der Waals surface area (Å²) in [5.74, 6) is 1.38. The maximum atomic E-state index is 11.9. The van der Waals surface area contributed by atoms with Crippen molar-refractivity contribution in [2.75, 3.05) is 7.11 Å². The zero-order valence-electron chi connectivity index (χ0n) is 8.88. The molecule has 1 aromatic carbocycles. The van der Waals surface area contributed by atoms with Gasteiger partial charge >= 0.3 is 0 Å². The third-order valence-corrected chi connectivity index (χ3v) is 3.75. The molecule has 0 N–H and O–H groups in total. The predicted molar refractivity (Wildman–Crippen MR) is 57.2 cm³/mol. The summed E-state index contributed by atoms with van der Waals surface area (Å²) >= 11 is 0. The van der Waals surface area contributed by atoms with Gasteiger partial charge in [-0.3, -0.25) is 4.79 Å². The van der Waals surface area contributed by atoms with Crippen LogP contribution in [0.2, 0.25) is 0 Å². The van der Waals surface area contributed by atoms with Gasteiger partial charge in [-0.15, -0.1) is 0 Å². The summed E-state index contributed by atoms with van der Waals surface area (Å²) in [5.41, 5.74) is 2.39. The van der Waals surface area contributed by atoms with Gasteiger partial charge in [-0.1, -0.05) is 12.1 Å². The van der Waals surface area contributed by atoms with Crippen molar-refractivity contribution in [2.45, 2.75) is 31.1 Å². The van der Waals surface area contributed by atoms with Crippen LogP contribution in [0.5, 0.6) is 5.75 Å². The van der Waals surface area contributed by atoms with E-state index in [0.29, 0.717) is 12.2 Å². The van der Waals surface area contributed by atoms with Crippen molar-refractivity contribution in [1.29, 1.82) is 0 Å². The van der Waals surface area contributed by atoms with Gasteiger partial charge < -0.3 is 4.74 Å². The number of methoxy groups -OCH3 is 1. The normalized spacial score (nSPS) is 21.3. The molecule has 2 aliphatic rings. The number of rotatable bonds is 1. The summed E-state index contributed by atoms with van der Waals surface area (Å²) in [5, 5.41) is 0. The van der Waals surface area contributed by atoms with Gasteiger partial charge in [0, 0.05) is 6.42 Å². The summed E-state index contributed by atoms with van der Waals surface area (Å²) < 4.78 is 5.36. The van der Waals surface area contributed by atoms with Gasteiger partial charge in [-0.25, -0.2) is 0 Å². The molecule has 0 unspecified atom stereocenters. The predicted octanol–water partition coefficient (Wildman–Crippen LogP) is 2.24. The van der Waals surface area contributed by atoms with E-state index in [2.05, 4.69) is 6.07 Å². The highest BCUT2D eigenvalue weighted by atomic mass is 16.5. The molecule has 2 aliphatic carbocycles. The number of benzene rings is 1. The van der Waals surface area contributed by atoms with Crippen molar-refractivity contribution in [3.63, 3.8) is 0 Å². The molecule has 1 fully saturated rings. The molecular weight excluding hydrogens is 188 g/mol. The zero-order valence-corrected chi connectivity index (χ0v) is 8.88. The molecule has 1 aromatic rings. The summed E-state index contributed by atoms with van der Waals surface area (Å²) in [6, 6.07) is 6.09. The SMILES string of the molecule is COc1cccc2c1CCC(=O)C21CC1. The van der Waals surface area contributed by atoms with Crippen LogP contribution in [0.25, 0.3) is 0 Å². The fraction of sp³-hybridized carbons (Fsp3) is 0.462. The molecule has 78 valence electrons. The average Bonchev–Trinajstić information content (AvgIpc) is 3.05. The van der Waals surface area contributed by atoms with Crippen molar-refractivity contribution in [3.05, 3.63) is 29.3 Å². The molecule has 0 atom stereocenters. The number of fused-ring (bicyclic) bond motifs is 2. The van der Waals surface area contributed by atoms with Gasteiger partial charge in [0.25, 0.3) is 0 Å². The lowest BCUT2D eigenvalue weighted by atomic mass is 9.79. The first-order chi connectivity index (χ1) is 7.28. The minimum absolute atomic E-state index is 0.109. The molecule has 3 rings (SSSR count). The molecule has 1 spiro atoms. The van der Waals surface area contributed by atoms with Crippen LogP contribution in [0.15, 0.2) is 18.2 Å². The second-order valence-corrected chi connectivity index (χ2v) is 4.49. The molecule has 2 nitrogen and oxygen atoms in total. The van der Waals surface area contributed by atoms with Crippen LogP contribution in [0.4, 0.5) is 0 Å². The molecule has 15 heavy (non-hydrogen) atoms. The molecule has 0 amide bonds. The van der Waals surface area contributed by atoms with Crippen molar-refractivity contribution in [1.82, 2.24) is 0 Å². The van der Waals surface area contributed by atoms with Crippen LogP contribution in [-0.2, 0) is 16.6 Å². The van der Waals surface area contributed by atoms with Gasteiger partial charge in [-0.2, -0.15) is 0 Å². The largest absolute Gasteiger partial charge is 0.496 e. The van der Waals surface area contributed by atoms with E-state index in [1.165, 1.54) is 11.1 Å². The lowest BCUT2D eigenvalue weighted by Crippen LogP contribution is -2.27. The van der Waals surface area contributed by atoms with Crippen LogP contribution < -0.4 is 4.74 Å². The average molecular weight is 202 g/mol. The highest BCUT2D eigenvalue weighted by molar-refractivity contribution is 5.95. The zero-order chi connectivity index (χ0) is 10.5. The fourth-order valence-corrected chi connectivity index (χ4v) is 2.76. The van der Waals surface area contributed by atoms with Crippen LogP contribution in [0.3, 0.4) is 0 Å². The van der Waals surface area contributed by atoms with Crippen molar-refractivity contribution < 1.29 is 9.53 Å². The van der Waals surface area contributed by atoms with E-state index in [9.17, 15) is 4.79 Å². The first kappa shape index (κ1) is 8.96. The van der Waals surface area contributed by atoms with E-state index in [1.54, 1.807) is 7.11 Å². The third kappa shape index (κ3) is 1.08. The van der Waals surface area contributed by atoms with E-state index in [1.807, 2.05) is 12.1 Å². The minimum atomic E-state index is -0.109. The molecule has 0 aromatic heterocycles. The van der Waals surface area contributed by atoms with Crippen LogP contribution in [0, 0.1) is 0 Å². The Labute approximate surface area is 89.2 Å². The Balaban J connectivity index is 2.19. The van der Waals surface area contributed by atoms with E-state index in [0.717, 1.165) is 25.0 Å². The number of hydrogen-bond acceptors (Lipinski definition) is 2. The number of ether oxygens (including phenoxy) is 1. The van der Waals surface area contributed by atoms with Gasteiger partial charge in [0.1, 0.15) is 11.5 Å². The van der Waals surface area contributed by atoms with Crippen molar-refractivity contribution in [3.8, 4) is 5.75 Å². The Kier molecular flexibility index (Phi) is 1.70. The Morgan fingerprint density at radius 3 is 2.73 bits per heavy atom. The van der Waals surface area contributed by atoms with Crippen LogP contribution in [0.1, 0.15) is 30.4 Å².